The Morgan fingerprint density at radius 3 is 2.51 bits per heavy atom. The number of benzene rings is 2. The molecule has 3 N–H and O–H groups in total. The van der Waals surface area contributed by atoms with E-state index in [1.807, 2.05) is 6.20 Å². The van der Waals surface area contributed by atoms with Gasteiger partial charge in [0.1, 0.15) is 0 Å². The second-order valence-corrected chi connectivity index (χ2v) is 21.5. The first kappa shape index (κ1) is 48.6. The fraction of sp³-hybridized carbons (Fsp3) is 0.542. The molecule has 8 rings (SSSR count). The number of likely N-dealkylation sites (N-methyl/N-ethyl adjacent to an activating group) is 1. The molecule has 358 valence electrons. The van der Waals surface area contributed by atoms with E-state index in [-0.39, 0.29) is 17.5 Å². The maximum absolute atomic E-state index is 5.82. The number of hydrogen-bond acceptors (Lipinski definition) is 7. The predicted molar refractivity (Wildman–Crippen MR) is 282 cm³/mol. The minimum Gasteiger partial charge on any atom is -0.379 e. The molecule has 4 aromatic rings. The lowest BCUT2D eigenvalue weighted by Gasteiger charge is -2.39. The monoisotopic (exact) mass is 903 g/mol. The van der Waals surface area contributed by atoms with Crippen LogP contribution >= 0.6 is 0 Å². The molecule has 0 radical (unpaired) electrons. The highest BCUT2D eigenvalue weighted by atomic mass is 15.5. The standard InChI is InChI=1S/C59H82N8/c1-12-16-29-59(10,11)37-51-50-36-48(26-27-54(50)66(15-4)58(51)49-23-20-30-60-52(49)13-2)47-22-19-21-44(34-47)35-53(42(8)67-32-18-17-31-61-67)62-41(7)57(40(5)6)65-33-28-45(39-65)38-64(14-3)43(9)55-56(63-55)46-24-25-46/h1,19-23,26-27,30,34,36,40,45-46,53,55-57,61-63H,7-9,13-18,24-25,28-29,31-33,35,37-39H2,2-6,10-11H3. The second-order valence-electron chi connectivity index (χ2n) is 21.5. The normalized spacial score (nSPS) is 20.8. The number of aromatic nitrogens is 2. The van der Waals surface area contributed by atoms with E-state index in [9.17, 15) is 0 Å². The summed E-state index contributed by atoms with van der Waals surface area (Å²) in [5.41, 5.74) is 17.3. The van der Waals surface area contributed by atoms with Crippen LogP contribution in [0.2, 0.25) is 0 Å². The lowest BCUT2D eigenvalue weighted by Crippen LogP contribution is -2.51. The molecule has 0 spiro atoms. The Labute approximate surface area is 404 Å². The third kappa shape index (κ3) is 11.1. The average molecular weight is 903 g/mol. The van der Waals surface area contributed by atoms with Crippen molar-refractivity contribution in [3.8, 4) is 34.7 Å². The molecule has 8 nitrogen and oxygen atoms in total. The number of pyridine rings is 1. The number of aryl methyl sites for hydroxylation is 2. The number of nitrogens with zero attached hydrogens (tertiary/aromatic N) is 5. The van der Waals surface area contributed by atoms with E-state index in [0.717, 1.165) is 107 Å². The van der Waals surface area contributed by atoms with Crippen molar-refractivity contribution in [1.82, 2.24) is 40.4 Å². The zero-order valence-corrected chi connectivity index (χ0v) is 42.3. The lowest BCUT2D eigenvalue weighted by atomic mass is 9.80. The van der Waals surface area contributed by atoms with Crippen molar-refractivity contribution < 1.29 is 0 Å². The summed E-state index contributed by atoms with van der Waals surface area (Å²) in [6, 6.07) is 22.0. The van der Waals surface area contributed by atoms with Crippen molar-refractivity contribution in [1.29, 1.82) is 0 Å². The van der Waals surface area contributed by atoms with Gasteiger partial charge in [0, 0.05) is 97.2 Å². The highest BCUT2D eigenvalue weighted by Gasteiger charge is 2.49. The number of likely N-dealkylation sites (tertiary alicyclic amines) is 1. The molecule has 5 heterocycles. The van der Waals surface area contributed by atoms with Crippen LogP contribution in [-0.4, -0.2) is 87.8 Å². The van der Waals surface area contributed by atoms with Gasteiger partial charge >= 0.3 is 0 Å². The van der Waals surface area contributed by atoms with Crippen molar-refractivity contribution >= 4 is 10.9 Å². The van der Waals surface area contributed by atoms with Gasteiger partial charge in [0.2, 0.25) is 0 Å². The van der Waals surface area contributed by atoms with Crippen molar-refractivity contribution in [3.63, 3.8) is 0 Å². The van der Waals surface area contributed by atoms with E-state index < -0.39 is 0 Å². The van der Waals surface area contributed by atoms with Gasteiger partial charge in [-0.05, 0) is 148 Å². The minimum atomic E-state index is -0.0231. The highest BCUT2D eigenvalue weighted by Crippen LogP contribution is 2.43. The smallest absolute Gasteiger partial charge is 0.0707 e. The molecular weight excluding hydrogens is 821 g/mol. The summed E-state index contributed by atoms with van der Waals surface area (Å²) in [5, 5.41) is 11.4. The van der Waals surface area contributed by atoms with E-state index in [1.54, 1.807) is 0 Å². The number of terminal acetylenes is 1. The van der Waals surface area contributed by atoms with Gasteiger partial charge in [-0.3, -0.25) is 9.88 Å². The number of hydrazine groups is 1. The SMILES string of the molecule is C#CCCC(C)(C)Cc1c(-c2cccnc2CC)n(CC)c2ccc(-c3cccc(CC(NC(=C)C(C(C)C)N4CCC(CN(CC)C(=C)C5NC5C5CC5)C4)C(=C)N4CCCCN4)c3)cc12. The average Bonchev–Trinajstić information content (AvgIpc) is 4.26. The van der Waals surface area contributed by atoms with Gasteiger partial charge in [0.05, 0.1) is 23.8 Å². The molecule has 0 amide bonds. The van der Waals surface area contributed by atoms with Crippen LogP contribution in [-0.2, 0) is 25.8 Å². The van der Waals surface area contributed by atoms with Gasteiger partial charge in [0.15, 0.2) is 0 Å². The first-order valence-electron chi connectivity index (χ1n) is 26.1. The summed E-state index contributed by atoms with van der Waals surface area (Å²) in [7, 11) is 0. The Balaban J connectivity index is 1.05. The molecule has 2 aromatic carbocycles. The summed E-state index contributed by atoms with van der Waals surface area (Å²) in [6.07, 6.45) is 18.4. The van der Waals surface area contributed by atoms with Crippen molar-refractivity contribution in [2.75, 3.05) is 39.3 Å². The summed E-state index contributed by atoms with van der Waals surface area (Å²) < 4.78 is 2.52. The minimum absolute atomic E-state index is 0.0231. The van der Waals surface area contributed by atoms with Crippen molar-refractivity contribution in [2.45, 2.75) is 143 Å². The van der Waals surface area contributed by atoms with Crippen LogP contribution in [0, 0.1) is 35.5 Å². The number of fused-ring (bicyclic) bond motifs is 1. The molecule has 0 bridgehead atoms. The molecule has 1 saturated carbocycles. The van der Waals surface area contributed by atoms with Gasteiger partial charge < -0.3 is 25.1 Å². The molecule has 1 aliphatic carbocycles. The van der Waals surface area contributed by atoms with E-state index >= 15 is 0 Å². The fourth-order valence-electron chi connectivity index (χ4n) is 11.7. The van der Waals surface area contributed by atoms with Crippen molar-refractivity contribution in [2.24, 2.45) is 23.2 Å². The zero-order chi connectivity index (χ0) is 47.4. The van der Waals surface area contributed by atoms with Crippen LogP contribution in [0.15, 0.2) is 97.6 Å². The molecule has 67 heavy (non-hydrogen) atoms. The zero-order valence-electron chi connectivity index (χ0n) is 42.3. The Bertz CT molecular complexity index is 2420. The van der Waals surface area contributed by atoms with Crippen LogP contribution in [0.5, 0.6) is 0 Å². The quantitative estimate of drug-likeness (QED) is 0.0506. The van der Waals surface area contributed by atoms with E-state index in [2.05, 4.69) is 151 Å². The van der Waals surface area contributed by atoms with Gasteiger partial charge in [-0.15, -0.1) is 12.3 Å². The Kier molecular flexibility index (Phi) is 15.4. The second kappa shape index (κ2) is 21.2. The van der Waals surface area contributed by atoms with E-state index in [0.29, 0.717) is 23.9 Å². The molecule has 2 aromatic heterocycles. The van der Waals surface area contributed by atoms with Crippen LogP contribution in [0.4, 0.5) is 0 Å². The number of hydrogen-bond donors (Lipinski definition) is 3. The molecule has 3 aliphatic heterocycles. The molecule has 3 saturated heterocycles. The molecular formula is C59H82N8. The maximum atomic E-state index is 5.82. The molecule has 5 atom stereocenters. The largest absolute Gasteiger partial charge is 0.379 e. The van der Waals surface area contributed by atoms with E-state index in [1.165, 1.54) is 75.8 Å². The molecule has 5 unspecified atom stereocenters. The highest BCUT2D eigenvalue weighted by molar-refractivity contribution is 5.95. The summed E-state index contributed by atoms with van der Waals surface area (Å²) >= 11 is 0. The first-order chi connectivity index (χ1) is 32.3. The first-order valence-corrected chi connectivity index (χ1v) is 26.1. The molecule has 4 fully saturated rings. The number of nitrogens with one attached hydrogen (secondary N) is 3. The van der Waals surface area contributed by atoms with Gasteiger partial charge in [-0.2, -0.15) is 0 Å². The lowest BCUT2D eigenvalue weighted by molar-refractivity contribution is 0.178. The Hall–Kier alpha value is -4.81. The Morgan fingerprint density at radius 1 is 1.00 bits per heavy atom. The van der Waals surface area contributed by atoms with Crippen LogP contribution in [0.3, 0.4) is 0 Å². The molecule has 4 aliphatic rings. The van der Waals surface area contributed by atoms with E-state index in [4.69, 9.17) is 24.6 Å². The third-order valence-corrected chi connectivity index (χ3v) is 15.6. The number of rotatable bonds is 23. The van der Waals surface area contributed by atoms with Crippen LogP contribution in [0.25, 0.3) is 33.3 Å². The maximum Gasteiger partial charge on any atom is 0.0707 e. The Morgan fingerprint density at radius 2 is 1.81 bits per heavy atom. The van der Waals surface area contributed by atoms with Crippen LogP contribution < -0.4 is 16.1 Å². The third-order valence-electron chi connectivity index (χ3n) is 15.6. The van der Waals surface area contributed by atoms with Crippen LogP contribution in [0.1, 0.15) is 110 Å². The van der Waals surface area contributed by atoms with Gasteiger partial charge in [0.25, 0.3) is 0 Å². The summed E-state index contributed by atoms with van der Waals surface area (Å²) in [6.45, 7) is 37.5. The fourth-order valence-corrected chi connectivity index (χ4v) is 11.7. The summed E-state index contributed by atoms with van der Waals surface area (Å²) in [4.78, 5) is 10.1. The van der Waals surface area contributed by atoms with Crippen molar-refractivity contribution in [3.05, 3.63) is 114 Å². The predicted octanol–water partition coefficient (Wildman–Crippen LogP) is 11.0. The topological polar surface area (TPSA) is 73.5 Å². The van der Waals surface area contributed by atoms with Gasteiger partial charge in [-0.25, -0.2) is 5.43 Å². The summed E-state index contributed by atoms with van der Waals surface area (Å²) in [5.74, 6) is 4.81. The molecule has 8 heteroatoms. The van der Waals surface area contributed by atoms with Gasteiger partial charge in [-0.1, -0.05) is 84.7 Å².